The molecule has 0 aromatic carbocycles. The van der Waals surface area contributed by atoms with Crippen molar-refractivity contribution in [1.82, 2.24) is 5.32 Å². The Morgan fingerprint density at radius 3 is 2.17 bits per heavy atom. The minimum atomic E-state index is -0.765. The van der Waals surface area contributed by atoms with Crippen molar-refractivity contribution in [3.63, 3.8) is 0 Å². The van der Waals surface area contributed by atoms with Crippen LogP contribution in [0.5, 0.6) is 0 Å². The van der Waals surface area contributed by atoms with Gasteiger partial charge in [-0.2, -0.15) is 0 Å². The first kappa shape index (κ1) is 13.4. The largest absolute Gasteiger partial charge is 0.481 e. The van der Waals surface area contributed by atoms with Gasteiger partial charge in [-0.15, -0.1) is 0 Å². The molecule has 2 aliphatic rings. The topological polar surface area (TPSA) is 66.4 Å². The normalized spacial score (nSPS) is 29.8. The molecule has 0 saturated heterocycles. The van der Waals surface area contributed by atoms with Gasteiger partial charge in [-0.25, -0.2) is 0 Å². The Morgan fingerprint density at radius 2 is 1.56 bits per heavy atom. The van der Waals surface area contributed by atoms with E-state index in [-0.39, 0.29) is 23.8 Å². The fourth-order valence-electron chi connectivity index (χ4n) is 3.27. The number of carbonyl (C=O) groups is 2. The van der Waals surface area contributed by atoms with Crippen molar-refractivity contribution in [3.05, 3.63) is 0 Å². The Bertz CT molecular complexity index is 308. The molecule has 0 heterocycles. The van der Waals surface area contributed by atoms with E-state index in [9.17, 15) is 9.59 Å². The molecular formula is C14H23NO3. The van der Waals surface area contributed by atoms with Gasteiger partial charge < -0.3 is 10.4 Å². The number of rotatable bonds is 3. The molecule has 0 radical (unpaired) electrons. The molecule has 0 aromatic rings. The standard InChI is InChI=1S/C14H23NO3/c16-13(10-6-3-1-2-4-7-10)15-12-9-5-8-11(12)14(17)18/h10-12H,1-9H2,(H,15,16)(H,17,18). The molecule has 102 valence electrons. The SMILES string of the molecule is O=C(NC1CCCC1C(=O)O)C1CCCCCC1. The fraction of sp³-hybridized carbons (Fsp3) is 0.857. The van der Waals surface area contributed by atoms with Crippen molar-refractivity contribution in [3.8, 4) is 0 Å². The monoisotopic (exact) mass is 253 g/mol. The van der Waals surface area contributed by atoms with Gasteiger partial charge in [-0.3, -0.25) is 9.59 Å². The average molecular weight is 253 g/mol. The smallest absolute Gasteiger partial charge is 0.308 e. The van der Waals surface area contributed by atoms with Gasteiger partial charge in [0.05, 0.1) is 5.92 Å². The van der Waals surface area contributed by atoms with E-state index >= 15 is 0 Å². The van der Waals surface area contributed by atoms with Crippen LogP contribution in [0.25, 0.3) is 0 Å². The van der Waals surface area contributed by atoms with Crippen molar-refractivity contribution in [2.45, 2.75) is 63.8 Å². The molecule has 2 aliphatic carbocycles. The molecule has 2 N–H and O–H groups in total. The molecule has 4 heteroatoms. The maximum absolute atomic E-state index is 12.2. The van der Waals surface area contributed by atoms with E-state index < -0.39 is 5.97 Å². The number of nitrogens with one attached hydrogen (secondary N) is 1. The highest BCUT2D eigenvalue weighted by molar-refractivity contribution is 5.80. The first-order valence-electron chi connectivity index (χ1n) is 7.21. The Balaban J connectivity index is 1.87. The zero-order valence-corrected chi connectivity index (χ0v) is 10.9. The molecule has 4 nitrogen and oxygen atoms in total. The highest BCUT2D eigenvalue weighted by Crippen LogP contribution is 2.28. The van der Waals surface area contributed by atoms with Crippen molar-refractivity contribution < 1.29 is 14.7 Å². The second kappa shape index (κ2) is 6.21. The highest BCUT2D eigenvalue weighted by Gasteiger charge is 2.35. The molecule has 2 unspecified atom stereocenters. The Hall–Kier alpha value is -1.06. The second-order valence-electron chi connectivity index (χ2n) is 5.68. The van der Waals surface area contributed by atoms with E-state index in [1.165, 1.54) is 12.8 Å². The molecule has 18 heavy (non-hydrogen) atoms. The van der Waals surface area contributed by atoms with Crippen LogP contribution < -0.4 is 5.32 Å². The number of aliphatic carboxylic acids is 1. The van der Waals surface area contributed by atoms with Crippen LogP contribution in [0.4, 0.5) is 0 Å². The summed E-state index contributed by atoms with van der Waals surface area (Å²) in [5.41, 5.74) is 0. The number of hydrogen-bond donors (Lipinski definition) is 2. The van der Waals surface area contributed by atoms with Crippen LogP contribution in [-0.2, 0) is 9.59 Å². The Kier molecular flexibility index (Phi) is 4.61. The van der Waals surface area contributed by atoms with E-state index in [2.05, 4.69) is 5.32 Å². The summed E-state index contributed by atoms with van der Waals surface area (Å²) in [5.74, 6) is -0.934. The number of carboxylic acid groups (broad SMARTS) is 1. The van der Waals surface area contributed by atoms with Gasteiger partial charge in [-0.05, 0) is 25.7 Å². The van der Waals surface area contributed by atoms with Crippen LogP contribution in [0, 0.1) is 11.8 Å². The van der Waals surface area contributed by atoms with Gasteiger partial charge in [0.2, 0.25) is 5.91 Å². The van der Waals surface area contributed by atoms with Gasteiger partial charge in [0.1, 0.15) is 0 Å². The lowest BCUT2D eigenvalue weighted by molar-refractivity contribution is -0.142. The van der Waals surface area contributed by atoms with E-state index in [4.69, 9.17) is 5.11 Å². The minimum absolute atomic E-state index is 0.0926. The average Bonchev–Trinajstić information content (AvgIpc) is 2.63. The first-order chi connectivity index (χ1) is 8.68. The van der Waals surface area contributed by atoms with Gasteiger partial charge in [-0.1, -0.05) is 32.1 Å². The van der Waals surface area contributed by atoms with Gasteiger partial charge >= 0.3 is 5.97 Å². The summed E-state index contributed by atoms with van der Waals surface area (Å²) in [6.45, 7) is 0. The van der Waals surface area contributed by atoms with Crippen molar-refractivity contribution in [2.75, 3.05) is 0 Å². The molecule has 2 fully saturated rings. The summed E-state index contributed by atoms with van der Waals surface area (Å²) in [6, 6.07) is -0.141. The van der Waals surface area contributed by atoms with Crippen LogP contribution in [-0.4, -0.2) is 23.0 Å². The second-order valence-corrected chi connectivity index (χ2v) is 5.68. The predicted molar refractivity (Wildman–Crippen MR) is 68.1 cm³/mol. The molecule has 0 aromatic heterocycles. The summed E-state index contributed by atoms with van der Waals surface area (Å²) >= 11 is 0. The van der Waals surface area contributed by atoms with Crippen LogP contribution in [0.15, 0.2) is 0 Å². The molecule has 2 saturated carbocycles. The Labute approximate surface area is 108 Å². The number of carbonyl (C=O) groups excluding carboxylic acids is 1. The van der Waals surface area contributed by atoms with Crippen molar-refractivity contribution in [1.29, 1.82) is 0 Å². The van der Waals surface area contributed by atoms with Gasteiger partial charge in [0.15, 0.2) is 0 Å². The van der Waals surface area contributed by atoms with Gasteiger partial charge in [0, 0.05) is 12.0 Å². The van der Waals surface area contributed by atoms with Crippen LogP contribution in [0.1, 0.15) is 57.8 Å². The third kappa shape index (κ3) is 3.24. The summed E-state index contributed by atoms with van der Waals surface area (Å²) in [5, 5.41) is 12.1. The molecule has 0 spiro atoms. The lowest BCUT2D eigenvalue weighted by Crippen LogP contribution is -2.42. The number of amides is 1. The predicted octanol–water partition coefficient (Wildman–Crippen LogP) is 2.33. The van der Waals surface area contributed by atoms with E-state index in [1.807, 2.05) is 0 Å². The third-order valence-electron chi connectivity index (χ3n) is 4.39. The molecule has 2 rings (SSSR count). The van der Waals surface area contributed by atoms with Crippen LogP contribution >= 0.6 is 0 Å². The molecule has 0 bridgehead atoms. The quantitative estimate of drug-likeness (QED) is 0.759. The third-order valence-corrected chi connectivity index (χ3v) is 4.39. The summed E-state index contributed by atoms with van der Waals surface area (Å²) in [6.07, 6.45) is 9.08. The van der Waals surface area contributed by atoms with E-state index in [1.54, 1.807) is 0 Å². The fourth-order valence-corrected chi connectivity index (χ4v) is 3.27. The maximum atomic E-state index is 12.2. The zero-order chi connectivity index (χ0) is 13.0. The number of hydrogen-bond acceptors (Lipinski definition) is 2. The molecule has 0 aliphatic heterocycles. The molecule has 2 atom stereocenters. The van der Waals surface area contributed by atoms with Gasteiger partial charge in [0.25, 0.3) is 0 Å². The summed E-state index contributed by atoms with van der Waals surface area (Å²) < 4.78 is 0. The molecular weight excluding hydrogens is 230 g/mol. The summed E-state index contributed by atoms with van der Waals surface area (Å²) in [4.78, 5) is 23.2. The van der Waals surface area contributed by atoms with E-state index in [0.717, 1.165) is 38.5 Å². The maximum Gasteiger partial charge on any atom is 0.308 e. The first-order valence-corrected chi connectivity index (χ1v) is 7.21. The summed E-state index contributed by atoms with van der Waals surface area (Å²) in [7, 11) is 0. The number of carboxylic acids is 1. The van der Waals surface area contributed by atoms with Crippen LogP contribution in [0.3, 0.4) is 0 Å². The lowest BCUT2D eigenvalue weighted by Gasteiger charge is -2.21. The lowest BCUT2D eigenvalue weighted by atomic mass is 9.97. The van der Waals surface area contributed by atoms with Crippen LogP contribution in [0.2, 0.25) is 0 Å². The highest BCUT2D eigenvalue weighted by atomic mass is 16.4. The molecule has 1 amide bonds. The zero-order valence-electron chi connectivity index (χ0n) is 10.9. The Morgan fingerprint density at radius 1 is 0.889 bits per heavy atom. The minimum Gasteiger partial charge on any atom is -0.481 e. The van der Waals surface area contributed by atoms with Crippen molar-refractivity contribution >= 4 is 11.9 Å². The van der Waals surface area contributed by atoms with Crippen molar-refractivity contribution in [2.24, 2.45) is 11.8 Å². The van der Waals surface area contributed by atoms with E-state index in [0.29, 0.717) is 6.42 Å².